The lowest BCUT2D eigenvalue weighted by atomic mass is 10.3. The average Bonchev–Trinajstić information content (AvgIpc) is 3.20. The van der Waals surface area contributed by atoms with E-state index >= 15 is 0 Å². The number of nitrogens with one attached hydrogen (secondary N) is 1. The standard InChI is InChI=1S/C16H18N6OS/c1-3-22-10-12(9-17-22)15-19-20-16(21(15)2)24-11-14(23)18-13-7-5-4-6-8-13/h4-10H,3,11H2,1-2H3,(H,18,23). The molecule has 2 aromatic heterocycles. The normalized spacial score (nSPS) is 10.8. The second kappa shape index (κ2) is 7.31. The van der Waals surface area contributed by atoms with Crippen LogP contribution in [0.4, 0.5) is 5.69 Å². The highest BCUT2D eigenvalue weighted by molar-refractivity contribution is 7.99. The fraction of sp³-hybridized carbons (Fsp3) is 0.250. The lowest BCUT2D eigenvalue weighted by molar-refractivity contribution is -0.113. The van der Waals surface area contributed by atoms with Crippen LogP contribution in [0.5, 0.6) is 0 Å². The van der Waals surface area contributed by atoms with Gasteiger partial charge in [0.1, 0.15) is 0 Å². The largest absolute Gasteiger partial charge is 0.325 e. The third-order valence-electron chi connectivity index (χ3n) is 3.44. The molecule has 0 saturated carbocycles. The van der Waals surface area contributed by atoms with E-state index in [4.69, 9.17) is 0 Å². The van der Waals surface area contributed by atoms with Gasteiger partial charge in [-0.05, 0) is 19.1 Å². The van der Waals surface area contributed by atoms with Crippen LogP contribution >= 0.6 is 11.8 Å². The topological polar surface area (TPSA) is 77.6 Å². The maximum Gasteiger partial charge on any atom is 0.234 e. The molecule has 0 radical (unpaired) electrons. The van der Waals surface area contributed by atoms with E-state index in [1.807, 2.05) is 59.7 Å². The predicted molar refractivity (Wildman–Crippen MR) is 93.7 cm³/mol. The summed E-state index contributed by atoms with van der Waals surface area (Å²) in [6.45, 7) is 2.83. The van der Waals surface area contributed by atoms with Crippen molar-refractivity contribution in [2.45, 2.75) is 18.6 Å². The van der Waals surface area contributed by atoms with E-state index in [-0.39, 0.29) is 11.7 Å². The van der Waals surface area contributed by atoms with E-state index < -0.39 is 0 Å². The number of rotatable bonds is 6. The van der Waals surface area contributed by atoms with Gasteiger partial charge in [0, 0.05) is 25.5 Å². The number of anilines is 1. The second-order valence-electron chi connectivity index (χ2n) is 5.15. The van der Waals surface area contributed by atoms with Crippen molar-refractivity contribution >= 4 is 23.4 Å². The number of benzene rings is 1. The van der Waals surface area contributed by atoms with Crippen molar-refractivity contribution in [3.63, 3.8) is 0 Å². The van der Waals surface area contributed by atoms with Gasteiger partial charge in [0.05, 0.1) is 17.5 Å². The van der Waals surface area contributed by atoms with Gasteiger partial charge in [-0.15, -0.1) is 10.2 Å². The number of amides is 1. The fourth-order valence-corrected chi connectivity index (χ4v) is 2.90. The number of nitrogens with zero attached hydrogens (tertiary/aromatic N) is 5. The molecule has 8 heteroatoms. The zero-order chi connectivity index (χ0) is 16.9. The van der Waals surface area contributed by atoms with Gasteiger partial charge >= 0.3 is 0 Å². The van der Waals surface area contributed by atoms with Crippen LogP contribution in [0.2, 0.25) is 0 Å². The first-order valence-electron chi connectivity index (χ1n) is 7.57. The van der Waals surface area contributed by atoms with Gasteiger partial charge < -0.3 is 9.88 Å². The number of carbonyl (C=O) groups is 1. The summed E-state index contributed by atoms with van der Waals surface area (Å²) in [4.78, 5) is 12.0. The summed E-state index contributed by atoms with van der Waals surface area (Å²) in [5.74, 6) is 0.935. The van der Waals surface area contributed by atoms with Crippen LogP contribution in [0.1, 0.15) is 6.92 Å². The highest BCUT2D eigenvalue weighted by atomic mass is 32.2. The van der Waals surface area contributed by atoms with Gasteiger partial charge in [-0.2, -0.15) is 5.10 Å². The molecule has 0 spiro atoms. The smallest absolute Gasteiger partial charge is 0.234 e. The fourth-order valence-electron chi connectivity index (χ4n) is 2.19. The molecule has 0 saturated heterocycles. The monoisotopic (exact) mass is 342 g/mol. The van der Waals surface area contributed by atoms with Gasteiger partial charge in [-0.25, -0.2) is 0 Å². The minimum Gasteiger partial charge on any atom is -0.325 e. The first-order chi connectivity index (χ1) is 11.7. The maximum absolute atomic E-state index is 12.0. The van der Waals surface area contributed by atoms with Crippen molar-refractivity contribution in [1.82, 2.24) is 24.5 Å². The summed E-state index contributed by atoms with van der Waals surface area (Å²) >= 11 is 1.35. The second-order valence-corrected chi connectivity index (χ2v) is 6.10. The summed E-state index contributed by atoms with van der Waals surface area (Å²) < 4.78 is 3.71. The summed E-state index contributed by atoms with van der Waals surface area (Å²) in [5, 5.41) is 16.2. The Morgan fingerprint density at radius 1 is 1.25 bits per heavy atom. The van der Waals surface area contributed by atoms with Crippen molar-refractivity contribution in [1.29, 1.82) is 0 Å². The van der Waals surface area contributed by atoms with E-state index in [0.29, 0.717) is 5.16 Å². The number of aromatic nitrogens is 5. The lowest BCUT2D eigenvalue weighted by Crippen LogP contribution is -2.14. The third kappa shape index (κ3) is 3.65. The van der Waals surface area contributed by atoms with Crippen molar-refractivity contribution in [2.24, 2.45) is 7.05 Å². The minimum absolute atomic E-state index is 0.0745. The van der Waals surface area contributed by atoms with Crippen molar-refractivity contribution in [3.8, 4) is 11.4 Å². The summed E-state index contributed by atoms with van der Waals surface area (Å²) in [7, 11) is 1.88. The minimum atomic E-state index is -0.0745. The Morgan fingerprint density at radius 2 is 2.04 bits per heavy atom. The van der Waals surface area contributed by atoms with E-state index in [1.54, 1.807) is 6.20 Å². The molecule has 0 aliphatic heterocycles. The van der Waals surface area contributed by atoms with Gasteiger partial charge in [0.2, 0.25) is 5.91 Å². The molecule has 24 heavy (non-hydrogen) atoms. The SMILES string of the molecule is CCn1cc(-c2nnc(SCC(=O)Nc3ccccc3)n2C)cn1. The van der Waals surface area contributed by atoms with Crippen LogP contribution in [-0.2, 0) is 18.4 Å². The first-order valence-corrected chi connectivity index (χ1v) is 8.56. The molecule has 0 aliphatic rings. The Labute approximate surface area is 144 Å². The van der Waals surface area contributed by atoms with Crippen LogP contribution in [0, 0.1) is 0 Å². The molecule has 0 unspecified atom stereocenters. The molecule has 0 aliphatic carbocycles. The summed E-state index contributed by atoms with van der Waals surface area (Å²) in [5.41, 5.74) is 1.70. The van der Waals surface area contributed by atoms with E-state index in [2.05, 4.69) is 20.6 Å². The Bertz CT molecular complexity index is 826. The van der Waals surface area contributed by atoms with Crippen molar-refractivity contribution < 1.29 is 4.79 Å². The number of carbonyl (C=O) groups excluding carboxylic acids is 1. The molecule has 1 N–H and O–H groups in total. The molecular weight excluding hydrogens is 324 g/mol. The average molecular weight is 342 g/mol. The lowest BCUT2D eigenvalue weighted by Gasteiger charge is -2.05. The first kappa shape index (κ1) is 16.3. The molecule has 124 valence electrons. The maximum atomic E-state index is 12.0. The highest BCUT2D eigenvalue weighted by Crippen LogP contribution is 2.22. The predicted octanol–water partition coefficient (Wildman–Crippen LogP) is 2.43. The summed E-state index contributed by atoms with van der Waals surface area (Å²) in [6.07, 6.45) is 3.70. The molecule has 1 aromatic carbocycles. The van der Waals surface area contributed by atoms with Gasteiger partial charge in [0.15, 0.2) is 11.0 Å². The van der Waals surface area contributed by atoms with Gasteiger partial charge in [-0.1, -0.05) is 30.0 Å². The number of hydrogen-bond donors (Lipinski definition) is 1. The molecular formula is C16H18N6OS. The number of aryl methyl sites for hydroxylation is 1. The zero-order valence-electron chi connectivity index (χ0n) is 13.5. The number of para-hydroxylation sites is 1. The molecule has 0 bridgehead atoms. The van der Waals surface area contributed by atoms with Gasteiger partial charge in [0.25, 0.3) is 0 Å². The molecule has 1 amide bonds. The van der Waals surface area contributed by atoms with Crippen LogP contribution in [-0.4, -0.2) is 36.2 Å². The number of thioether (sulfide) groups is 1. The molecule has 0 fully saturated rings. The molecule has 3 aromatic rings. The van der Waals surface area contributed by atoms with Crippen LogP contribution in [0.15, 0.2) is 47.9 Å². The molecule has 7 nitrogen and oxygen atoms in total. The van der Waals surface area contributed by atoms with Crippen LogP contribution in [0.3, 0.4) is 0 Å². The third-order valence-corrected chi connectivity index (χ3v) is 4.46. The Morgan fingerprint density at radius 3 is 2.75 bits per heavy atom. The highest BCUT2D eigenvalue weighted by Gasteiger charge is 2.14. The molecule has 3 rings (SSSR count). The van der Waals surface area contributed by atoms with Crippen molar-refractivity contribution in [3.05, 3.63) is 42.7 Å². The number of hydrogen-bond acceptors (Lipinski definition) is 5. The Balaban J connectivity index is 1.63. The van der Waals surface area contributed by atoms with E-state index in [1.165, 1.54) is 11.8 Å². The van der Waals surface area contributed by atoms with E-state index in [0.717, 1.165) is 23.6 Å². The Hall–Kier alpha value is -2.61. The Kier molecular flexibility index (Phi) is 4.95. The molecule has 0 atom stereocenters. The van der Waals surface area contributed by atoms with E-state index in [9.17, 15) is 4.79 Å². The van der Waals surface area contributed by atoms with Crippen LogP contribution in [0.25, 0.3) is 11.4 Å². The zero-order valence-corrected chi connectivity index (χ0v) is 14.3. The van der Waals surface area contributed by atoms with Crippen molar-refractivity contribution in [2.75, 3.05) is 11.1 Å². The van der Waals surface area contributed by atoms with Crippen LogP contribution < -0.4 is 5.32 Å². The van der Waals surface area contributed by atoms with Gasteiger partial charge in [-0.3, -0.25) is 9.48 Å². The summed E-state index contributed by atoms with van der Waals surface area (Å²) in [6, 6.07) is 9.39. The molecule has 2 heterocycles. The quantitative estimate of drug-likeness (QED) is 0.696.